The van der Waals surface area contributed by atoms with Gasteiger partial charge in [-0.1, -0.05) is 23.7 Å². The molecule has 0 bridgehead atoms. The molecular weight excluding hydrogens is 238 g/mol. The molecule has 0 spiro atoms. The Balaban J connectivity index is 1.97. The van der Waals surface area contributed by atoms with Gasteiger partial charge in [0, 0.05) is 12.6 Å². The van der Waals surface area contributed by atoms with Gasteiger partial charge in [0.05, 0.1) is 19.0 Å². The predicted molar refractivity (Wildman–Crippen MR) is 67.4 cm³/mol. The minimum atomic E-state index is 0.379. The molecular formula is C12H12ClN3O. The van der Waals surface area contributed by atoms with E-state index in [0.717, 1.165) is 17.0 Å². The average molecular weight is 250 g/mol. The van der Waals surface area contributed by atoms with Crippen LogP contribution in [-0.4, -0.2) is 17.3 Å². The van der Waals surface area contributed by atoms with Crippen molar-refractivity contribution in [2.75, 3.05) is 12.4 Å². The van der Waals surface area contributed by atoms with E-state index in [2.05, 4.69) is 15.5 Å². The fourth-order valence-corrected chi connectivity index (χ4v) is 1.55. The maximum atomic E-state index is 5.74. The highest BCUT2D eigenvalue weighted by molar-refractivity contribution is 6.29. The first-order chi connectivity index (χ1) is 8.28. The molecule has 0 aliphatic carbocycles. The molecule has 88 valence electrons. The van der Waals surface area contributed by atoms with Crippen molar-refractivity contribution in [1.82, 2.24) is 10.2 Å². The van der Waals surface area contributed by atoms with Gasteiger partial charge in [0.25, 0.3) is 0 Å². The van der Waals surface area contributed by atoms with Gasteiger partial charge in [0.2, 0.25) is 0 Å². The number of halogens is 1. The van der Waals surface area contributed by atoms with Crippen molar-refractivity contribution in [2.45, 2.75) is 6.54 Å². The fourth-order valence-electron chi connectivity index (χ4n) is 1.38. The average Bonchev–Trinajstić information content (AvgIpc) is 2.37. The molecule has 2 aromatic rings. The van der Waals surface area contributed by atoms with Gasteiger partial charge in [-0.15, -0.1) is 5.10 Å². The van der Waals surface area contributed by atoms with Gasteiger partial charge in [0.15, 0.2) is 5.15 Å². The van der Waals surface area contributed by atoms with E-state index in [1.54, 1.807) is 19.4 Å². The maximum Gasteiger partial charge on any atom is 0.153 e. The molecule has 0 saturated carbocycles. The van der Waals surface area contributed by atoms with Gasteiger partial charge >= 0.3 is 0 Å². The highest BCUT2D eigenvalue weighted by Crippen LogP contribution is 2.14. The van der Waals surface area contributed by atoms with Crippen LogP contribution in [0.25, 0.3) is 0 Å². The smallest absolute Gasteiger partial charge is 0.153 e. The summed E-state index contributed by atoms with van der Waals surface area (Å²) >= 11 is 5.74. The largest absolute Gasteiger partial charge is 0.497 e. The second kappa shape index (κ2) is 5.50. The maximum absolute atomic E-state index is 5.74. The first-order valence-corrected chi connectivity index (χ1v) is 5.51. The lowest BCUT2D eigenvalue weighted by atomic mass is 10.2. The monoisotopic (exact) mass is 249 g/mol. The van der Waals surface area contributed by atoms with E-state index in [9.17, 15) is 0 Å². The molecule has 5 heteroatoms. The highest BCUT2D eigenvalue weighted by Gasteiger charge is 1.97. The number of anilines is 1. The van der Waals surface area contributed by atoms with Crippen molar-refractivity contribution in [3.63, 3.8) is 0 Å². The molecule has 1 heterocycles. The third-order valence-electron chi connectivity index (χ3n) is 2.28. The molecule has 0 amide bonds. The van der Waals surface area contributed by atoms with Crippen LogP contribution in [0.3, 0.4) is 0 Å². The summed E-state index contributed by atoms with van der Waals surface area (Å²) in [6.07, 6.45) is 1.63. The summed E-state index contributed by atoms with van der Waals surface area (Å²) in [4.78, 5) is 0. The lowest BCUT2D eigenvalue weighted by molar-refractivity contribution is 0.414. The van der Waals surface area contributed by atoms with Crippen molar-refractivity contribution in [1.29, 1.82) is 0 Å². The van der Waals surface area contributed by atoms with Crippen LogP contribution in [0.2, 0.25) is 5.15 Å². The van der Waals surface area contributed by atoms with Crippen molar-refractivity contribution in [3.05, 3.63) is 47.2 Å². The second-order valence-electron chi connectivity index (χ2n) is 3.47. The van der Waals surface area contributed by atoms with E-state index in [-0.39, 0.29) is 0 Å². The van der Waals surface area contributed by atoms with Crippen LogP contribution in [0, 0.1) is 0 Å². The Morgan fingerprint density at radius 1 is 1.29 bits per heavy atom. The van der Waals surface area contributed by atoms with Crippen LogP contribution in [0.5, 0.6) is 5.75 Å². The zero-order valence-corrected chi connectivity index (χ0v) is 10.1. The standard InChI is InChI=1S/C12H12ClN3O/c1-17-11-4-2-9(3-5-11)7-14-10-6-12(13)16-15-8-10/h2-6,8H,7H2,1H3,(H,14,16). The number of nitrogens with one attached hydrogen (secondary N) is 1. The normalized spacial score (nSPS) is 10.0. The Hall–Kier alpha value is -1.81. The summed E-state index contributed by atoms with van der Waals surface area (Å²) in [7, 11) is 1.65. The van der Waals surface area contributed by atoms with E-state index in [1.165, 1.54) is 0 Å². The van der Waals surface area contributed by atoms with Gasteiger partial charge in [-0.25, -0.2) is 0 Å². The van der Waals surface area contributed by atoms with Crippen LogP contribution < -0.4 is 10.1 Å². The summed E-state index contributed by atoms with van der Waals surface area (Å²) in [6, 6.07) is 9.59. The zero-order valence-electron chi connectivity index (χ0n) is 9.35. The number of rotatable bonds is 4. The van der Waals surface area contributed by atoms with E-state index >= 15 is 0 Å². The second-order valence-corrected chi connectivity index (χ2v) is 3.86. The van der Waals surface area contributed by atoms with Crippen molar-refractivity contribution < 1.29 is 4.74 Å². The van der Waals surface area contributed by atoms with Gasteiger partial charge in [-0.05, 0) is 17.7 Å². The van der Waals surface area contributed by atoms with Gasteiger partial charge in [0.1, 0.15) is 5.75 Å². The number of hydrogen-bond donors (Lipinski definition) is 1. The van der Waals surface area contributed by atoms with E-state index in [4.69, 9.17) is 16.3 Å². The summed E-state index contributed by atoms with van der Waals surface area (Å²) in [5, 5.41) is 11.0. The molecule has 0 saturated heterocycles. The third kappa shape index (κ3) is 3.32. The van der Waals surface area contributed by atoms with Crippen LogP contribution in [0.15, 0.2) is 36.5 Å². The molecule has 0 aliphatic rings. The molecule has 0 unspecified atom stereocenters. The van der Waals surface area contributed by atoms with Gasteiger partial charge in [-0.2, -0.15) is 5.10 Å². The SMILES string of the molecule is COc1ccc(CNc2cnnc(Cl)c2)cc1. The third-order valence-corrected chi connectivity index (χ3v) is 2.47. The molecule has 0 fully saturated rings. The number of aromatic nitrogens is 2. The number of hydrogen-bond acceptors (Lipinski definition) is 4. The zero-order chi connectivity index (χ0) is 12.1. The molecule has 17 heavy (non-hydrogen) atoms. The first-order valence-electron chi connectivity index (χ1n) is 5.13. The molecule has 0 atom stereocenters. The van der Waals surface area contributed by atoms with Gasteiger partial charge in [-0.3, -0.25) is 0 Å². The van der Waals surface area contributed by atoms with Crippen molar-refractivity contribution in [2.24, 2.45) is 0 Å². The minimum absolute atomic E-state index is 0.379. The van der Waals surface area contributed by atoms with E-state index < -0.39 is 0 Å². The first kappa shape index (κ1) is 11.7. The molecule has 0 radical (unpaired) electrons. The van der Waals surface area contributed by atoms with Crippen LogP contribution in [0.4, 0.5) is 5.69 Å². The highest BCUT2D eigenvalue weighted by atomic mass is 35.5. The summed E-state index contributed by atoms with van der Waals surface area (Å²) in [6.45, 7) is 0.700. The lowest BCUT2D eigenvalue weighted by Crippen LogP contribution is -2.00. The Kier molecular flexibility index (Phi) is 3.77. The van der Waals surface area contributed by atoms with Crippen LogP contribution >= 0.6 is 11.6 Å². The molecule has 1 aromatic heterocycles. The van der Waals surface area contributed by atoms with Crippen molar-refractivity contribution >= 4 is 17.3 Å². The van der Waals surface area contributed by atoms with Gasteiger partial charge < -0.3 is 10.1 Å². The van der Waals surface area contributed by atoms with Crippen LogP contribution in [-0.2, 0) is 6.54 Å². The minimum Gasteiger partial charge on any atom is -0.497 e. The predicted octanol–water partition coefficient (Wildman–Crippen LogP) is 2.75. The van der Waals surface area contributed by atoms with Crippen LogP contribution in [0.1, 0.15) is 5.56 Å². The number of ether oxygens (including phenoxy) is 1. The Labute approximate surface area is 105 Å². The Morgan fingerprint density at radius 2 is 2.06 bits per heavy atom. The summed E-state index contributed by atoms with van der Waals surface area (Å²) in [5.74, 6) is 0.849. The summed E-state index contributed by atoms with van der Waals surface area (Å²) in [5.41, 5.74) is 2.00. The molecule has 1 N–H and O–H groups in total. The topological polar surface area (TPSA) is 47.0 Å². The Morgan fingerprint density at radius 3 is 2.71 bits per heavy atom. The molecule has 1 aromatic carbocycles. The van der Waals surface area contributed by atoms with Crippen molar-refractivity contribution in [3.8, 4) is 5.75 Å². The van der Waals surface area contributed by atoms with E-state index in [0.29, 0.717) is 11.7 Å². The molecule has 4 nitrogen and oxygen atoms in total. The quantitative estimate of drug-likeness (QED) is 0.905. The summed E-state index contributed by atoms with van der Waals surface area (Å²) < 4.78 is 5.09. The molecule has 0 aliphatic heterocycles. The Bertz CT molecular complexity index is 487. The number of benzene rings is 1. The number of nitrogens with zero attached hydrogens (tertiary/aromatic N) is 2. The fraction of sp³-hybridized carbons (Fsp3) is 0.167. The lowest BCUT2D eigenvalue weighted by Gasteiger charge is -2.06. The number of methoxy groups -OCH3 is 1. The van der Waals surface area contributed by atoms with E-state index in [1.807, 2.05) is 24.3 Å². The molecule has 2 rings (SSSR count).